The maximum absolute atomic E-state index is 12.1. The van der Waals surface area contributed by atoms with Gasteiger partial charge in [0.15, 0.2) is 0 Å². The summed E-state index contributed by atoms with van der Waals surface area (Å²) in [7, 11) is 0. The predicted molar refractivity (Wildman–Crippen MR) is 102 cm³/mol. The van der Waals surface area contributed by atoms with E-state index in [2.05, 4.69) is 10.6 Å². The van der Waals surface area contributed by atoms with Crippen LogP contribution in [0.2, 0.25) is 0 Å². The lowest BCUT2D eigenvalue weighted by atomic mass is 10.1. The molecule has 2 aromatic rings. The number of carbonyl (C=O) groups excluding carboxylic acids is 2. The second-order valence-corrected chi connectivity index (χ2v) is 6.42. The molecule has 2 N–H and O–H groups in total. The molecule has 0 spiro atoms. The molecular formula is C21H26N2O3. The van der Waals surface area contributed by atoms with Crippen LogP contribution < -0.4 is 15.4 Å². The summed E-state index contributed by atoms with van der Waals surface area (Å²) in [5, 5.41) is 5.54. The molecule has 2 rings (SSSR count). The molecule has 0 aromatic heterocycles. The fourth-order valence-corrected chi connectivity index (χ4v) is 2.47. The first-order valence-corrected chi connectivity index (χ1v) is 8.85. The van der Waals surface area contributed by atoms with E-state index < -0.39 is 0 Å². The Bertz CT molecular complexity index is 712. The Balaban J connectivity index is 1.82. The van der Waals surface area contributed by atoms with Gasteiger partial charge in [0, 0.05) is 24.6 Å². The van der Waals surface area contributed by atoms with Gasteiger partial charge < -0.3 is 15.4 Å². The quantitative estimate of drug-likeness (QED) is 0.763. The molecule has 2 amide bonds. The Hall–Kier alpha value is -2.82. The number of hydrogen-bond acceptors (Lipinski definition) is 3. The molecule has 2 aromatic carbocycles. The molecule has 0 saturated carbocycles. The smallest absolute Gasteiger partial charge is 0.251 e. The highest BCUT2D eigenvalue weighted by molar-refractivity contribution is 5.94. The molecule has 0 aliphatic carbocycles. The molecule has 0 radical (unpaired) electrons. The highest BCUT2D eigenvalue weighted by Crippen LogP contribution is 2.21. The predicted octanol–water partition coefficient (Wildman–Crippen LogP) is 3.47. The van der Waals surface area contributed by atoms with Crippen molar-refractivity contribution in [3.63, 3.8) is 0 Å². The molecule has 5 nitrogen and oxygen atoms in total. The average molecular weight is 354 g/mol. The summed E-state index contributed by atoms with van der Waals surface area (Å²) < 4.78 is 5.90. The molecule has 0 aliphatic heterocycles. The first kappa shape index (κ1) is 19.5. The third-order valence-electron chi connectivity index (χ3n) is 3.79. The van der Waals surface area contributed by atoms with Gasteiger partial charge in [0.25, 0.3) is 5.91 Å². The molecular weight excluding hydrogens is 328 g/mol. The van der Waals surface area contributed by atoms with Crippen LogP contribution >= 0.6 is 0 Å². The van der Waals surface area contributed by atoms with Crippen LogP contribution in [0.1, 0.15) is 49.2 Å². The van der Waals surface area contributed by atoms with Crippen molar-refractivity contribution in [2.24, 2.45) is 0 Å². The lowest BCUT2D eigenvalue weighted by molar-refractivity contribution is -0.121. The van der Waals surface area contributed by atoms with Gasteiger partial charge in [0.2, 0.25) is 5.91 Å². The number of nitrogens with one attached hydrogen (secondary N) is 2. The average Bonchev–Trinajstić information content (AvgIpc) is 2.62. The van der Waals surface area contributed by atoms with E-state index in [4.69, 9.17) is 4.74 Å². The lowest BCUT2D eigenvalue weighted by Crippen LogP contribution is -2.34. The van der Waals surface area contributed by atoms with Crippen LogP contribution in [0, 0.1) is 0 Å². The minimum absolute atomic E-state index is 0.0704. The lowest BCUT2D eigenvalue weighted by Gasteiger charge is -2.15. The van der Waals surface area contributed by atoms with E-state index in [1.807, 2.05) is 51.1 Å². The number of hydrogen-bond donors (Lipinski definition) is 2. The molecule has 1 unspecified atom stereocenters. The van der Waals surface area contributed by atoms with Gasteiger partial charge in [0.1, 0.15) is 11.9 Å². The molecule has 0 bridgehead atoms. The third kappa shape index (κ3) is 6.24. The summed E-state index contributed by atoms with van der Waals surface area (Å²) in [5.41, 5.74) is 1.63. The Morgan fingerprint density at radius 3 is 2.23 bits per heavy atom. The van der Waals surface area contributed by atoms with E-state index in [1.165, 1.54) is 0 Å². The van der Waals surface area contributed by atoms with E-state index in [0.717, 1.165) is 5.56 Å². The van der Waals surface area contributed by atoms with Crippen LogP contribution in [0.4, 0.5) is 0 Å². The SMILES string of the molecule is CC(C)NC(=O)CCNC(=O)c1ccc(OC(C)c2ccccc2)cc1. The van der Waals surface area contributed by atoms with Crippen LogP contribution in [0.15, 0.2) is 54.6 Å². The normalized spacial score (nSPS) is 11.7. The summed E-state index contributed by atoms with van der Waals surface area (Å²) in [4.78, 5) is 23.7. The molecule has 0 heterocycles. The zero-order valence-electron chi connectivity index (χ0n) is 15.5. The monoisotopic (exact) mass is 354 g/mol. The zero-order chi connectivity index (χ0) is 18.9. The first-order chi connectivity index (χ1) is 12.5. The van der Waals surface area contributed by atoms with Gasteiger partial charge in [-0.2, -0.15) is 0 Å². The van der Waals surface area contributed by atoms with Gasteiger partial charge in [-0.15, -0.1) is 0 Å². The molecule has 0 fully saturated rings. The van der Waals surface area contributed by atoms with Crippen LogP contribution in [0.25, 0.3) is 0 Å². The number of rotatable bonds is 8. The maximum Gasteiger partial charge on any atom is 0.251 e. The van der Waals surface area contributed by atoms with E-state index >= 15 is 0 Å². The fraction of sp³-hybridized carbons (Fsp3) is 0.333. The minimum Gasteiger partial charge on any atom is -0.486 e. The summed E-state index contributed by atoms with van der Waals surface area (Å²) >= 11 is 0. The highest BCUT2D eigenvalue weighted by Gasteiger charge is 2.09. The Labute approximate surface area is 154 Å². The maximum atomic E-state index is 12.1. The third-order valence-corrected chi connectivity index (χ3v) is 3.79. The van der Waals surface area contributed by atoms with Crippen molar-refractivity contribution in [2.45, 2.75) is 39.3 Å². The van der Waals surface area contributed by atoms with E-state index in [9.17, 15) is 9.59 Å². The summed E-state index contributed by atoms with van der Waals surface area (Å²) in [6, 6.07) is 17.0. The number of carbonyl (C=O) groups is 2. The Morgan fingerprint density at radius 2 is 1.62 bits per heavy atom. The standard InChI is InChI=1S/C21H26N2O3/c1-15(2)23-20(24)13-14-22-21(25)18-9-11-19(12-10-18)26-16(3)17-7-5-4-6-8-17/h4-12,15-16H,13-14H2,1-3H3,(H,22,25)(H,23,24). The van der Waals surface area contributed by atoms with Crippen LogP contribution in [0.3, 0.4) is 0 Å². The summed E-state index contributed by atoms with van der Waals surface area (Å²) in [5.74, 6) is 0.429. The Kier molecular flexibility index (Phi) is 7.21. The number of benzene rings is 2. The zero-order valence-corrected chi connectivity index (χ0v) is 15.5. The van der Waals surface area contributed by atoms with Crippen LogP contribution in [0.5, 0.6) is 5.75 Å². The van der Waals surface area contributed by atoms with Gasteiger partial charge >= 0.3 is 0 Å². The van der Waals surface area contributed by atoms with E-state index in [-0.39, 0.29) is 30.4 Å². The van der Waals surface area contributed by atoms with Crippen molar-refractivity contribution in [2.75, 3.05) is 6.54 Å². The van der Waals surface area contributed by atoms with Crippen molar-refractivity contribution in [1.29, 1.82) is 0 Å². The molecule has 1 atom stereocenters. The summed E-state index contributed by atoms with van der Waals surface area (Å²) in [6.07, 6.45) is 0.190. The largest absolute Gasteiger partial charge is 0.486 e. The second-order valence-electron chi connectivity index (χ2n) is 6.42. The second kappa shape index (κ2) is 9.61. The molecule has 0 saturated heterocycles. The minimum atomic E-state index is -0.204. The van der Waals surface area contributed by atoms with Crippen molar-refractivity contribution >= 4 is 11.8 Å². The topological polar surface area (TPSA) is 67.4 Å². The van der Waals surface area contributed by atoms with Gasteiger partial charge in [-0.25, -0.2) is 0 Å². The number of amides is 2. The van der Waals surface area contributed by atoms with Crippen molar-refractivity contribution < 1.29 is 14.3 Å². The molecule has 0 aliphatic rings. The molecule has 138 valence electrons. The number of ether oxygens (including phenoxy) is 1. The van der Waals surface area contributed by atoms with E-state index in [0.29, 0.717) is 17.9 Å². The van der Waals surface area contributed by atoms with Gasteiger partial charge in [-0.3, -0.25) is 9.59 Å². The van der Waals surface area contributed by atoms with Crippen LogP contribution in [-0.4, -0.2) is 24.4 Å². The Morgan fingerprint density at radius 1 is 0.962 bits per heavy atom. The first-order valence-electron chi connectivity index (χ1n) is 8.85. The van der Waals surface area contributed by atoms with Crippen molar-refractivity contribution in [3.8, 4) is 5.75 Å². The van der Waals surface area contributed by atoms with E-state index in [1.54, 1.807) is 24.3 Å². The van der Waals surface area contributed by atoms with Gasteiger partial charge in [0.05, 0.1) is 0 Å². The molecule has 5 heteroatoms. The van der Waals surface area contributed by atoms with Gasteiger partial charge in [-0.1, -0.05) is 30.3 Å². The van der Waals surface area contributed by atoms with Crippen LogP contribution in [-0.2, 0) is 4.79 Å². The van der Waals surface area contributed by atoms with Crippen molar-refractivity contribution in [3.05, 3.63) is 65.7 Å². The molecule has 26 heavy (non-hydrogen) atoms. The summed E-state index contributed by atoms with van der Waals surface area (Å²) in [6.45, 7) is 6.09. The highest BCUT2D eigenvalue weighted by atomic mass is 16.5. The fourth-order valence-electron chi connectivity index (χ4n) is 2.47. The van der Waals surface area contributed by atoms with Crippen molar-refractivity contribution in [1.82, 2.24) is 10.6 Å². The van der Waals surface area contributed by atoms with Gasteiger partial charge in [-0.05, 0) is 50.6 Å².